The van der Waals surface area contributed by atoms with Crippen molar-refractivity contribution in [1.29, 1.82) is 0 Å². The smallest absolute Gasteiger partial charge is 0.154 e. The summed E-state index contributed by atoms with van der Waals surface area (Å²) in [5.74, 6) is -1.21. The van der Waals surface area contributed by atoms with Gasteiger partial charge in [-0.3, -0.25) is 4.90 Å². The van der Waals surface area contributed by atoms with E-state index in [1.807, 2.05) is 0 Å². The number of hydrogen-bond acceptors (Lipinski definition) is 7. The van der Waals surface area contributed by atoms with Gasteiger partial charge in [-0.15, -0.1) is 0 Å². The number of halogens is 3. The fourth-order valence-corrected chi connectivity index (χ4v) is 3.58. The summed E-state index contributed by atoms with van der Waals surface area (Å²) in [5.41, 5.74) is 6.56. The van der Waals surface area contributed by atoms with E-state index in [0.29, 0.717) is 36.5 Å². The molecule has 158 valence electrons. The molecular formula is C20H20ClF2N5O2. The number of fused-ring (bicyclic) bond motifs is 1. The van der Waals surface area contributed by atoms with Crippen molar-refractivity contribution in [3.63, 3.8) is 0 Å². The Hall–Kier alpha value is -2.62. The third-order valence-corrected chi connectivity index (χ3v) is 5.44. The molecule has 30 heavy (non-hydrogen) atoms. The predicted octanol–water partition coefficient (Wildman–Crippen LogP) is 3.31. The predicted molar refractivity (Wildman–Crippen MR) is 109 cm³/mol. The number of morpholine rings is 1. The summed E-state index contributed by atoms with van der Waals surface area (Å²) in [4.78, 5) is 14.8. The Morgan fingerprint density at radius 3 is 2.77 bits per heavy atom. The van der Waals surface area contributed by atoms with Crippen LogP contribution in [0.1, 0.15) is 6.92 Å². The molecule has 0 radical (unpaired) electrons. The average Bonchev–Trinajstić information content (AvgIpc) is 2.77. The van der Waals surface area contributed by atoms with E-state index in [4.69, 9.17) is 26.8 Å². The summed E-state index contributed by atoms with van der Waals surface area (Å²) in [5, 5.41) is -0.194. The fourth-order valence-electron chi connectivity index (χ4n) is 3.42. The van der Waals surface area contributed by atoms with Gasteiger partial charge < -0.3 is 15.2 Å². The molecule has 4 rings (SSSR count). The summed E-state index contributed by atoms with van der Waals surface area (Å²) in [6, 6.07) is 2.48. The number of rotatable bonds is 5. The molecule has 0 bridgehead atoms. The van der Waals surface area contributed by atoms with Gasteiger partial charge >= 0.3 is 0 Å². The molecule has 1 fully saturated rings. The SMILES string of the molecule is C[C@@H](COc1cnc(-c2ccc(F)c(Cl)c2F)c2ncnc(N)c12)N1CCOCC1. The summed E-state index contributed by atoms with van der Waals surface area (Å²) >= 11 is 5.73. The molecule has 1 aromatic carbocycles. The quantitative estimate of drug-likeness (QED) is 0.615. The van der Waals surface area contributed by atoms with Gasteiger partial charge in [-0.25, -0.2) is 23.7 Å². The molecular weight excluding hydrogens is 416 g/mol. The van der Waals surface area contributed by atoms with E-state index >= 15 is 0 Å². The molecule has 0 amide bonds. The number of benzene rings is 1. The molecule has 2 N–H and O–H groups in total. The summed E-state index contributed by atoms with van der Waals surface area (Å²) in [6.45, 7) is 5.50. The maximum atomic E-state index is 14.6. The van der Waals surface area contributed by atoms with Crippen molar-refractivity contribution in [2.45, 2.75) is 13.0 Å². The number of nitrogens with two attached hydrogens (primary N) is 1. The lowest BCUT2D eigenvalue weighted by Gasteiger charge is -2.32. The van der Waals surface area contributed by atoms with E-state index in [1.165, 1.54) is 18.6 Å². The Kier molecular flexibility index (Phi) is 5.94. The Bertz CT molecular complexity index is 1080. The van der Waals surface area contributed by atoms with Gasteiger partial charge in [0.2, 0.25) is 0 Å². The minimum Gasteiger partial charge on any atom is -0.489 e. The minimum absolute atomic E-state index is 0.0118. The van der Waals surface area contributed by atoms with E-state index in [0.717, 1.165) is 19.2 Å². The van der Waals surface area contributed by atoms with Crippen LogP contribution in [0.4, 0.5) is 14.6 Å². The van der Waals surface area contributed by atoms with Gasteiger partial charge in [0.05, 0.1) is 30.5 Å². The second-order valence-electron chi connectivity index (χ2n) is 6.98. The molecule has 7 nitrogen and oxygen atoms in total. The molecule has 1 aliphatic heterocycles. The van der Waals surface area contributed by atoms with Crippen LogP contribution in [-0.4, -0.2) is 58.8 Å². The van der Waals surface area contributed by atoms with Crippen LogP contribution in [-0.2, 0) is 4.74 Å². The highest BCUT2D eigenvalue weighted by Gasteiger charge is 2.22. The molecule has 0 saturated carbocycles. The molecule has 1 saturated heterocycles. The first kappa shape index (κ1) is 20.6. The molecule has 3 aromatic rings. The van der Waals surface area contributed by atoms with Gasteiger partial charge in [0, 0.05) is 24.7 Å². The van der Waals surface area contributed by atoms with Crippen LogP contribution in [0.5, 0.6) is 5.75 Å². The Balaban J connectivity index is 1.70. The lowest BCUT2D eigenvalue weighted by molar-refractivity contribution is 0.0106. The molecule has 0 spiro atoms. The molecule has 0 unspecified atom stereocenters. The normalized spacial score (nSPS) is 16.0. The number of nitrogen functional groups attached to an aromatic ring is 1. The molecule has 10 heteroatoms. The maximum Gasteiger partial charge on any atom is 0.154 e. The van der Waals surface area contributed by atoms with Crippen molar-refractivity contribution in [2.75, 3.05) is 38.6 Å². The van der Waals surface area contributed by atoms with E-state index < -0.39 is 16.7 Å². The number of hydrogen-bond donors (Lipinski definition) is 1. The second-order valence-corrected chi connectivity index (χ2v) is 7.36. The standard InChI is InChI=1S/C20H20ClF2N5O2/c1-11(28-4-6-29-7-5-28)9-30-14-8-25-18(19-15(14)20(24)27-10-26-19)12-2-3-13(22)16(21)17(12)23/h2-3,8,10-11H,4-7,9H2,1H3,(H2,24,26,27)/t11-/m0/s1. The van der Waals surface area contributed by atoms with Gasteiger partial charge in [0.15, 0.2) is 11.6 Å². The maximum absolute atomic E-state index is 14.6. The number of anilines is 1. The van der Waals surface area contributed by atoms with Gasteiger partial charge in [-0.05, 0) is 19.1 Å². The topological polar surface area (TPSA) is 86.4 Å². The molecule has 1 aliphatic rings. The van der Waals surface area contributed by atoms with Gasteiger partial charge in [0.1, 0.15) is 35.1 Å². The molecule has 2 aromatic heterocycles. The lowest BCUT2D eigenvalue weighted by Crippen LogP contribution is -2.44. The van der Waals surface area contributed by atoms with E-state index in [1.54, 1.807) is 0 Å². The van der Waals surface area contributed by atoms with Gasteiger partial charge in [-0.2, -0.15) is 0 Å². The monoisotopic (exact) mass is 435 g/mol. The highest BCUT2D eigenvalue weighted by molar-refractivity contribution is 6.31. The van der Waals surface area contributed by atoms with E-state index in [-0.39, 0.29) is 23.1 Å². The lowest BCUT2D eigenvalue weighted by atomic mass is 10.1. The van der Waals surface area contributed by atoms with Crippen molar-refractivity contribution in [3.05, 3.63) is 41.3 Å². The minimum atomic E-state index is -0.919. The van der Waals surface area contributed by atoms with Crippen molar-refractivity contribution in [2.24, 2.45) is 0 Å². The number of ether oxygens (including phenoxy) is 2. The van der Waals surface area contributed by atoms with Crippen LogP contribution in [0.3, 0.4) is 0 Å². The van der Waals surface area contributed by atoms with Crippen molar-refractivity contribution < 1.29 is 18.3 Å². The van der Waals surface area contributed by atoms with Crippen molar-refractivity contribution >= 4 is 28.3 Å². The Labute approximate surface area is 176 Å². The highest BCUT2D eigenvalue weighted by atomic mass is 35.5. The average molecular weight is 436 g/mol. The van der Waals surface area contributed by atoms with Gasteiger partial charge in [0.25, 0.3) is 0 Å². The zero-order valence-corrected chi connectivity index (χ0v) is 17.0. The first-order valence-corrected chi connectivity index (χ1v) is 9.82. The largest absolute Gasteiger partial charge is 0.489 e. The first-order chi connectivity index (χ1) is 14.5. The third-order valence-electron chi connectivity index (χ3n) is 5.10. The van der Waals surface area contributed by atoms with E-state index in [2.05, 4.69) is 26.8 Å². The zero-order chi connectivity index (χ0) is 21.3. The fraction of sp³-hybridized carbons (Fsp3) is 0.350. The first-order valence-electron chi connectivity index (χ1n) is 9.45. The van der Waals surface area contributed by atoms with Crippen LogP contribution < -0.4 is 10.5 Å². The molecule has 1 atom stereocenters. The van der Waals surface area contributed by atoms with Crippen LogP contribution in [0, 0.1) is 11.6 Å². The van der Waals surface area contributed by atoms with Crippen molar-refractivity contribution in [3.8, 4) is 17.0 Å². The molecule has 3 heterocycles. The Morgan fingerprint density at radius 1 is 1.23 bits per heavy atom. The summed E-state index contributed by atoms with van der Waals surface area (Å²) in [6.07, 6.45) is 2.70. The molecule has 0 aliphatic carbocycles. The summed E-state index contributed by atoms with van der Waals surface area (Å²) < 4.78 is 39.6. The Morgan fingerprint density at radius 2 is 2.00 bits per heavy atom. The highest BCUT2D eigenvalue weighted by Crippen LogP contribution is 2.36. The van der Waals surface area contributed by atoms with Crippen molar-refractivity contribution in [1.82, 2.24) is 19.9 Å². The number of aromatic nitrogens is 3. The van der Waals surface area contributed by atoms with Crippen LogP contribution in [0.2, 0.25) is 5.02 Å². The summed E-state index contributed by atoms with van der Waals surface area (Å²) in [7, 11) is 0. The van der Waals surface area contributed by atoms with Crippen LogP contribution >= 0.6 is 11.6 Å². The number of pyridine rings is 1. The van der Waals surface area contributed by atoms with Gasteiger partial charge in [-0.1, -0.05) is 11.6 Å². The van der Waals surface area contributed by atoms with Crippen LogP contribution in [0.25, 0.3) is 22.2 Å². The third kappa shape index (κ3) is 3.88. The zero-order valence-electron chi connectivity index (χ0n) is 16.2. The second kappa shape index (κ2) is 8.63. The number of nitrogens with zero attached hydrogens (tertiary/aromatic N) is 4. The van der Waals surface area contributed by atoms with Crippen LogP contribution in [0.15, 0.2) is 24.7 Å². The van der Waals surface area contributed by atoms with E-state index in [9.17, 15) is 8.78 Å².